The lowest BCUT2D eigenvalue weighted by Crippen LogP contribution is -2.51. The number of rotatable bonds is 8. The SMILES string of the molecule is COc1ccc(C)cc1S(=O)(=O)N(CC(=O)N1CCN(Cc2ccc3c(c2)OCO3)CC1)c1ccc(C)c(C)c1. The molecule has 5 rings (SSSR count). The Morgan fingerprint density at radius 3 is 2.38 bits per heavy atom. The number of sulfonamides is 1. The summed E-state index contributed by atoms with van der Waals surface area (Å²) >= 11 is 0. The lowest BCUT2D eigenvalue weighted by Gasteiger charge is -2.36. The van der Waals surface area contributed by atoms with Crippen molar-refractivity contribution in [2.24, 2.45) is 0 Å². The molecule has 212 valence electrons. The number of fused-ring (bicyclic) bond motifs is 1. The van der Waals surface area contributed by atoms with E-state index >= 15 is 0 Å². The molecule has 9 nitrogen and oxygen atoms in total. The van der Waals surface area contributed by atoms with Gasteiger partial charge in [0.25, 0.3) is 10.0 Å². The molecular formula is C30H35N3O6S. The Morgan fingerprint density at radius 1 is 0.900 bits per heavy atom. The summed E-state index contributed by atoms with van der Waals surface area (Å²) in [6.07, 6.45) is 0. The Hall–Kier alpha value is -3.76. The molecule has 2 aliphatic rings. The summed E-state index contributed by atoms with van der Waals surface area (Å²) < 4.78 is 45.6. The van der Waals surface area contributed by atoms with E-state index in [9.17, 15) is 13.2 Å². The number of hydrogen-bond acceptors (Lipinski definition) is 7. The zero-order valence-electron chi connectivity index (χ0n) is 23.3. The van der Waals surface area contributed by atoms with Crippen LogP contribution in [0.15, 0.2) is 59.5 Å². The largest absolute Gasteiger partial charge is 0.495 e. The summed E-state index contributed by atoms with van der Waals surface area (Å²) in [6.45, 7) is 8.78. The van der Waals surface area contributed by atoms with Crippen molar-refractivity contribution in [2.45, 2.75) is 32.2 Å². The Kier molecular flexibility index (Phi) is 7.91. The molecule has 1 saturated heterocycles. The van der Waals surface area contributed by atoms with E-state index < -0.39 is 10.0 Å². The monoisotopic (exact) mass is 565 g/mol. The van der Waals surface area contributed by atoms with E-state index in [1.54, 1.807) is 29.2 Å². The highest BCUT2D eigenvalue weighted by Gasteiger charge is 2.32. The molecule has 0 atom stereocenters. The molecule has 2 aliphatic heterocycles. The molecular weight excluding hydrogens is 530 g/mol. The van der Waals surface area contributed by atoms with E-state index in [1.807, 2.05) is 51.1 Å². The normalized spacial score (nSPS) is 15.2. The van der Waals surface area contributed by atoms with Crippen LogP contribution in [0.5, 0.6) is 17.2 Å². The second-order valence-electron chi connectivity index (χ2n) is 10.3. The maximum absolute atomic E-state index is 14.1. The predicted octanol–water partition coefficient (Wildman–Crippen LogP) is 3.89. The van der Waals surface area contributed by atoms with Crippen molar-refractivity contribution in [1.29, 1.82) is 0 Å². The quantitative estimate of drug-likeness (QED) is 0.410. The van der Waals surface area contributed by atoms with E-state index in [2.05, 4.69) is 4.90 Å². The fourth-order valence-corrected chi connectivity index (χ4v) is 6.63. The second kappa shape index (κ2) is 11.4. The molecule has 1 fully saturated rings. The van der Waals surface area contributed by atoms with Gasteiger partial charge >= 0.3 is 0 Å². The number of nitrogens with zero attached hydrogens (tertiary/aromatic N) is 3. The predicted molar refractivity (Wildman–Crippen MR) is 153 cm³/mol. The Morgan fingerprint density at radius 2 is 1.65 bits per heavy atom. The van der Waals surface area contributed by atoms with Gasteiger partial charge in [0.05, 0.1) is 12.8 Å². The first-order valence-electron chi connectivity index (χ1n) is 13.3. The van der Waals surface area contributed by atoms with Gasteiger partial charge in [0.1, 0.15) is 17.2 Å². The highest BCUT2D eigenvalue weighted by molar-refractivity contribution is 7.93. The number of anilines is 1. The summed E-state index contributed by atoms with van der Waals surface area (Å²) in [5, 5.41) is 0. The van der Waals surface area contributed by atoms with E-state index in [-0.39, 0.29) is 29.9 Å². The van der Waals surface area contributed by atoms with Crippen molar-refractivity contribution in [2.75, 3.05) is 50.9 Å². The van der Waals surface area contributed by atoms with Crippen LogP contribution in [0, 0.1) is 20.8 Å². The van der Waals surface area contributed by atoms with Gasteiger partial charge in [0, 0.05) is 32.7 Å². The molecule has 10 heteroatoms. The van der Waals surface area contributed by atoms with Crippen LogP contribution in [-0.2, 0) is 21.4 Å². The average molecular weight is 566 g/mol. The molecule has 1 amide bonds. The maximum Gasteiger partial charge on any atom is 0.268 e. The number of amides is 1. The summed E-state index contributed by atoms with van der Waals surface area (Å²) in [5.74, 6) is 1.51. The van der Waals surface area contributed by atoms with Gasteiger partial charge in [-0.15, -0.1) is 0 Å². The number of methoxy groups -OCH3 is 1. The summed E-state index contributed by atoms with van der Waals surface area (Å²) in [4.78, 5) is 17.6. The summed E-state index contributed by atoms with van der Waals surface area (Å²) in [7, 11) is -2.67. The number of ether oxygens (including phenoxy) is 3. The number of aryl methyl sites for hydroxylation is 3. The fourth-order valence-electron chi connectivity index (χ4n) is 4.98. The molecule has 2 heterocycles. The number of carbonyl (C=O) groups is 1. The van der Waals surface area contributed by atoms with Gasteiger partial charge in [-0.1, -0.05) is 18.2 Å². The Bertz CT molecular complexity index is 1520. The first-order valence-corrected chi connectivity index (χ1v) is 14.7. The third-order valence-electron chi connectivity index (χ3n) is 7.51. The van der Waals surface area contributed by atoms with Crippen molar-refractivity contribution < 1.29 is 27.4 Å². The second-order valence-corrected chi connectivity index (χ2v) is 12.1. The van der Waals surface area contributed by atoms with Crippen molar-refractivity contribution >= 4 is 21.6 Å². The standard InChI is InChI=1S/C30H35N3O6S/c1-21-5-9-27(37-4)29(15-21)40(35,36)33(25-8-6-22(2)23(3)16-25)19-30(34)32-13-11-31(12-14-32)18-24-7-10-26-28(17-24)39-20-38-26/h5-10,15-17H,11-14,18-20H2,1-4H3. The van der Waals surface area contributed by atoms with Crippen molar-refractivity contribution in [3.8, 4) is 17.2 Å². The van der Waals surface area contributed by atoms with Crippen LogP contribution in [-0.4, -0.2) is 70.8 Å². The average Bonchev–Trinajstić information content (AvgIpc) is 3.41. The van der Waals surface area contributed by atoms with E-state index in [0.717, 1.165) is 40.3 Å². The molecule has 0 spiro atoms. The topological polar surface area (TPSA) is 88.6 Å². The van der Waals surface area contributed by atoms with Gasteiger partial charge < -0.3 is 19.1 Å². The Balaban J connectivity index is 1.33. The summed E-state index contributed by atoms with van der Waals surface area (Å²) in [6, 6.07) is 16.4. The lowest BCUT2D eigenvalue weighted by molar-refractivity contribution is -0.131. The Labute approximate surface area is 235 Å². The number of piperazine rings is 1. The molecule has 40 heavy (non-hydrogen) atoms. The minimum atomic E-state index is -4.11. The van der Waals surface area contributed by atoms with Crippen LogP contribution in [0.4, 0.5) is 5.69 Å². The van der Waals surface area contributed by atoms with Gasteiger partial charge in [0.15, 0.2) is 11.5 Å². The molecule has 0 unspecified atom stereocenters. The first kappa shape index (κ1) is 27.8. The fraction of sp³-hybridized carbons (Fsp3) is 0.367. The van der Waals surface area contributed by atoms with Crippen LogP contribution in [0.3, 0.4) is 0 Å². The molecule has 3 aromatic carbocycles. The number of benzene rings is 3. The molecule has 0 saturated carbocycles. The van der Waals surface area contributed by atoms with Gasteiger partial charge in [-0.25, -0.2) is 8.42 Å². The molecule has 0 bridgehead atoms. The smallest absolute Gasteiger partial charge is 0.268 e. The van der Waals surface area contributed by atoms with Gasteiger partial charge in [-0.2, -0.15) is 0 Å². The lowest BCUT2D eigenvalue weighted by atomic mass is 10.1. The van der Waals surface area contributed by atoms with Crippen molar-refractivity contribution in [3.05, 3.63) is 76.9 Å². The molecule has 0 N–H and O–H groups in total. The highest BCUT2D eigenvalue weighted by atomic mass is 32.2. The molecule has 0 aliphatic carbocycles. The van der Waals surface area contributed by atoms with E-state index in [1.165, 1.54) is 11.4 Å². The first-order chi connectivity index (χ1) is 19.2. The van der Waals surface area contributed by atoms with E-state index in [0.29, 0.717) is 31.9 Å². The van der Waals surface area contributed by atoms with Gasteiger partial charge in [-0.05, 0) is 79.4 Å². The van der Waals surface area contributed by atoms with Crippen molar-refractivity contribution in [3.63, 3.8) is 0 Å². The third-order valence-corrected chi connectivity index (χ3v) is 9.31. The van der Waals surface area contributed by atoms with Gasteiger partial charge in [0.2, 0.25) is 12.7 Å². The van der Waals surface area contributed by atoms with Crippen LogP contribution in [0.2, 0.25) is 0 Å². The minimum absolute atomic E-state index is 0.0366. The van der Waals surface area contributed by atoms with Crippen LogP contribution in [0.25, 0.3) is 0 Å². The zero-order valence-corrected chi connectivity index (χ0v) is 24.2. The minimum Gasteiger partial charge on any atom is -0.495 e. The maximum atomic E-state index is 14.1. The molecule has 3 aromatic rings. The van der Waals surface area contributed by atoms with Gasteiger partial charge in [-0.3, -0.25) is 14.0 Å². The number of carbonyl (C=O) groups excluding carboxylic acids is 1. The third kappa shape index (κ3) is 5.73. The van der Waals surface area contributed by atoms with Crippen LogP contribution in [0.1, 0.15) is 22.3 Å². The van der Waals surface area contributed by atoms with Crippen molar-refractivity contribution in [1.82, 2.24) is 9.80 Å². The summed E-state index contributed by atoms with van der Waals surface area (Å²) in [5.41, 5.74) is 4.33. The van der Waals surface area contributed by atoms with Crippen LogP contribution >= 0.6 is 0 Å². The molecule has 0 aromatic heterocycles. The molecule has 0 radical (unpaired) electrons. The van der Waals surface area contributed by atoms with E-state index in [4.69, 9.17) is 14.2 Å². The number of hydrogen-bond donors (Lipinski definition) is 0. The highest BCUT2D eigenvalue weighted by Crippen LogP contribution is 2.34. The zero-order chi connectivity index (χ0) is 28.4. The van der Waals surface area contributed by atoms with Crippen LogP contribution < -0.4 is 18.5 Å².